The third-order valence-corrected chi connectivity index (χ3v) is 7.79. The minimum absolute atomic E-state index is 0.00481. The molecule has 0 unspecified atom stereocenters. The number of H-pyrrole nitrogens is 1. The number of aromatic nitrogens is 3. The fourth-order valence-electron chi connectivity index (χ4n) is 5.07. The summed E-state index contributed by atoms with van der Waals surface area (Å²) in [4.78, 5) is 31.3. The number of pyridine rings is 1. The second-order valence-corrected chi connectivity index (χ2v) is 10.4. The third-order valence-electron chi connectivity index (χ3n) is 6.91. The number of amides is 1. The van der Waals surface area contributed by atoms with Gasteiger partial charge in [-0.3, -0.25) is 14.6 Å². The first kappa shape index (κ1) is 23.7. The molecule has 3 heterocycles. The lowest BCUT2D eigenvalue weighted by Gasteiger charge is -2.20. The van der Waals surface area contributed by atoms with Crippen molar-refractivity contribution in [1.29, 1.82) is 0 Å². The Morgan fingerprint density at radius 1 is 1.23 bits per heavy atom. The number of fused-ring (bicyclic) bond motifs is 1. The molecule has 1 amide bonds. The van der Waals surface area contributed by atoms with E-state index in [4.69, 9.17) is 9.72 Å². The molecular weight excluding hydrogens is 462 g/mol. The molecule has 8 nitrogen and oxygen atoms in total. The monoisotopic (exact) mass is 493 g/mol. The van der Waals surface area contributed by atoms with Gasteiger partial charge in [0.1, 0.15) is 17.4 Å². The number of carbonyl (C=O) groups excluding carboxylic acids is 1. The van der Waals surface area contributed by atoms with Crippen LogP contribution in [0.15, 0.2) is 35.1 Å². The topological polar surface area (TPSA) is 100 Å². The molecule has 1 aliphatic carbocycles. The maximum Gasteiger partial charge on any atom is 0.322 e. The van der Waals surface area contributed by atoms with E-state index in [1.54, 1.807) is 12.1 Å². The molecule has 0 bridgehead atoms. The normalized spacial score (nSPS) is 19.9. The van der Waals surface area contributed by atoms with Gasteiger partial charge in [0.2, 0.25) is 0 Å². The number of nitrogens with one attached hydrogen (secondary N) is 2. The summed E-state index contributed by atoms with van der Waals surface area (Å²) >= 11 is 1.11. The number of likely N-dealkylation sites (N-methyl/N-ethyl adjacent to an activating group) is 1. The maximum absolute atomic E-state index is 12.9. The van der Waals surface area contributed by atoms with E-state index in [2.05, 4.69) is 33.4 Å². The number of likely N-dealkylation sites (tertiary alicyclic amines) is 1. The summed E-state index contributed by atoms with van der Waals surface area (Å²) in [6.45, 7) is 4.10. The van der Waals surface area contributed by atoms with Crippen molar-refractivity contribution in [2.75, 3.05) is 20.1 Å². The van der Waals surface area contributed by atoms with E-state index >= 15 is 0 Å². The minimum atomic E-state index is -0.173. The standard InChI is InChI=1S/C26H31N5O3S/c1-3-18-12-17(20-6-4-5-7-22(20)27-18)15-34-19-10-8-16(9-11-19)24(32)28-23-14-31(2)13-21(23)25-29-30-26(33)35-25/h8-12,21,23H,3-7,13-15H2,1-2H3,(H,28,32)(H,30,33)/t21-,23+/m0/s1. The molecule has 35 heavy (non-hydrogen) atoms. The van der Waals surface area contributed by atoms with Gasteiger partial charge in [0.05, 0.1) is 6.04 Å². The Morgan fingerprint density at radius 2 is 2.03 bits per heavy atom. The quantitative estimate of drug-likeness (QED) is 0.525. The van der Waals surface area contributed by atoms with E-state index in [1.165, 1.54) is 29.7 Å². The molecule has 0 saturated carbocycles. The molecule has 1 fully saturated rings. The van der Waals surface area contributed by atoms with Crippen LogP contribution >= 0.6 is 11.3 Å². The van der Waals surface area contributed by atoms with E-state index in [9.17, 15) is 9.59 Å². The second-order valence-electron chi connectivity index (χ2n) is 9.43. The largest absolute Gasteiger partial charge is 0.489 e. The van der Waals surface area contributed by atoms with Crippen LogP contribution in [0.25, 0.3) is 0 Å². The molecule has 0 spiro atoms. The van der Waals surface area contributed by atoms with Gasteiger partial charge in [-0.1, -0.05) is 18.3 Å². The van der Waals surface area contributed by atoms with Crippen LogP contribution in [0.1, 0.15) is 63.6 Å². The highest BCUT2D eigenvalue weighted by molar-refractivity contribution is 7.08. The van der Waals surface area contributed by atoms with Gasteiger partial charge in [-0.05, 0) is 80.6 Å². The summed E-state index contributed by atoms with van der Waals surface area (Å²) in [7, 11) is 2.00. The number of rotatable bonds is 7. The van der Waals surface area contributed by atoms with Crippen molar-refractivity contribution in [1.82, 2.24) is 25.4 Å². The lowest BCUT2D eigenvalue weighted by Crippen LogP contribution is -2.39. The van der Waals surface area contributed by atoms with Crippen LogP contribution in [0, 0.1) is 0 Å². The highest BCUT2D eigenvalue weighted by atomic mass is 32.1. The predicted molar refractivity (Wildman–Crippen MR) is 135 cm³/mol. The van der Waals surface area contributed by atoms with E-state index in [-0.39, 0.29) is 22.7 Å². The van der Waals surface area contributed by atoms with Crippen molar-refractivity contribution in [3.05, 3.63) is 73.1 Å². The average Bonchev–Trinajstić information content (AvgIpc) is 3.47. The third kappa shape index (κ3) is 5.31. The second kappa shape index (κ2) is 10.3. The molecule has 1 saturated heterocycles. The minimum Gasteiger partial charge on any atom is -0.489 e. The molecule has 1 aliphatic heterocycles. The fraction of sp³-hybridized carbons (Fsp3) is 0.462. The van der Waals surface area contributed by atoms with Crippen molar-refractivity contribution in [2.24, 2.45) is 0 Å². The van der Waals surface area contributed by atoms with Gasteiger partial charge in [0.15, 0.2) is 0 Å². The Hall–Kier alpha value is -3.04. The van der Waals surface area contributed by atoms with Crippen molar-refractivity contribution in [3.8, 4) is 5.75 Å². The van der Waals surface area contributed by atoms with E-state index in [1.807, 2.05) is 19.2 Å². The molecule has 2 atom stereocenters. The summed E-state index contributed by atoms with van der Waals surface area (Å²) in [6, 6.07) is 9.36. The molecule has 3 aromatic rings. The van der Waals surface area contributed by atoms with E-state index in [0.717, 1.165) is 53.6 Å². The van der Waals surface area contributed by atoms with Crippen LogP contribution in [0.2, 0.25) is 0 Å². The fourth-order valence-corrected chi connectivity index (χ4v) is 5.84. The van der Waals surface area contributed by atoms with Crippen LogP contribution < -0.4 is 14.9 Å². The zero-order valence-electron chi connectivity index (χ0n) is 20.2. The summed E-state index contributed by atoms with van der Waals surface area (Å²) in [5, 5.41) is 10.5. The predicted octanol–water partition coefficient (Wildman–Crippen LogP) is 3.07. The molecule has 5 rings (SSSR count). The van der Waals surface area contributed by atoms with Gasteiger partial charge in [0, 0.05) is 36.0 Å². The Labute approximate surface area is 208 Å². The summed E-state index contributed by atoms with van der Waals surface area (Å²) in [5.41, 5.74) is 5.51. The SMILES string of the molecule is CCc1cc(COc2ccc(C(=O)N[C@@H]3CN(C)C[C@@H]3c3n[nH]c(=O)s3)cc2)c2c(n1)CCCC2. The average molecular weight is 494 g/mol. The van der Waals surface area contributed by atoms with Crippen LogP contribution in [-0.2, 0) is 25.9 Å². The van der Waals surface area contributed by atoms with Crippen LogP contribution in [0.5, 0.6) is 5.75 Å². The Morgan fingerprint density at radius 3 is 2.77 bits per heavy atom. The van der Waals surface area contributed by atoms with Crippen molar-refractivity contribution in [3.63, 3.8) is 0 Å². The molecule has 2 N–H and O–H groups in total. The van der Waals surface area contributed by atoms with Gasteiger partial charge in [0.25, 0.3) is 5.91 Å². The molecule has 2 aliphatic rings. The van der Waals surface area contributed by atoms with E-state index in [0.29, 0.717) is 18.7 Å². The van der Waals surface area contributed by atoms with Crippen LogP contribution in [-0.4, -0.2) is 52.2 Å². The first-order valence-electron chi connectivity index (χ1n) is 12.3. The van der Waals surface area contributed by atoms with Gasteiger partial charge >= 0.3 is 4.87 Å². The molecule has 184 valence electrons. The van der Waals surface area contributed by atoms with Crippen LogP contribution in [0.3, 0.4) is 0 Å². The number of benzene rings is 1. The zero-order valence-corrected chi connectivity index (χ0v) is 21.0. The van der Waals surface area contributed by atoms with Gasteiger partial charge in [-0.2, -0.15) is 5.10 Å². The Balaban J connectivity index is 1.23. The first-order chi connectivity index (χ1) is 17.0. The van der Waals surface area contributed by atoms with Gasteiger partial charge in [-0.15, -0.1) is 0 Å². The number of carbonyl (C=O) groups is 1. The summed E-state index contributed by atoms with van der Waals surface area (Å²) in [5.74, 6) is 0.594. The zero-order chi connectivity index (χ0) is 24.4. The maximum atomic E-state index is 12.9. The van der Waals surface area contributed by atoms with Gasteiger partial charge in [-0.25, -0.2) is 5.10 Å². The highest BCUT2D eigenvalue weighted by Gasteiger charge is 2.35. The summed E-state index contributed by atoms with van der Waals surface area (Å²) in [6.07, 6.45) is 5.44. The molecular formula is C26H31N5O3S. The number of aromatic amines is 1. The van der Waals surface area contributed by atoms with Crippen LogP contribution in [0.4, 0.5) is 0 Å². The number of hydrogen-bond acceptors (Lipinski definition) is 7. The van der Waals surface area contributed by atoms with Crippen molar-refractivity contribution in [2.45, 2.75) is 57.6 Å². The van der Waals surface area contributed by atoms with Crippen molar-refractivity contribution < 1.29 is 9.53 Å². The molecule has 2 aromatic heterocycles. The molecule has 9 heteroatoms. The highest BCUT2D eigenvalue weighted by Crippen LogP contribution is 2.28. The Kier molecular flexibility index (Phi) is 6.97. The number of nitrogens with zero attached hydrogens (tertiary/aromatic N) is 3. The number of aryl methyl sites for hydroxylation is 2. The smallest absolute Gasteiger partial charge is 0.322 e. The van der Waals surface area contributed by atoms with Gasteiger partial charge < -0.3 is 15.0 Å². The molecule has 1 aromatic carbocycles. The van der Waals surface area contributed by atoms with Crippen molar-refractivity contribution >= 4 is 17.2 Å². The van der Waals surface area contributed by atoms with E-state index < -0.39 is 0 Å². The lowest BCUT2D eigenvalue weighted by atomic mass is 9.91. The lowest BCUT2D eigenvalue weighted by molar-refractivity contribution is 0.0935. The number of hydrogen-bond donors (Lipinski definition) is 2. The number of ether oxygens (including phenoxy) is 1. The summed E-state index contributed by atoms with van der Waals surface area (Å²) < 4.78 is 6.11. The Bertz CT molecular complexity index is 1250. The molecule has 0 radical (unpaired) electrons. The first-order valence-corrected chi connectivity index (χ1v) is 13.1.